The molecular formula is C24H28ClN5O3S2. The molecule has 1 amide bonds. The molecule has 4 aromatic rings. The van der Waals surface area contributed by atoms with Gasteiger partial charge in [-0.1, -0.05) is 17.7 Å². The van der Waals surface area contributed by atoms with Crippen molar-refractivity contribution in [2.45, 2.75) is 24.4 Å². The quantitative estimate of drug-likeness (QED) is 0.385. The number of sulfonamides is 1. The molecule has 2 aromatic heterocycles. The Labute approximate surface area is 215 Å². The maximum Gasteiger partial charge on any atom is 0.263 e. The van der Waals surface area contributed by atoms with E-state index in [2.05, 4.69) is 14.6 Å². The maximum absolute atomic E-state index is 13.1. The summed E-state index contributed by atoms with van der Waals surface area (Å²) in [6, 6.07) is 14.5. The highest BCUT2D eigenvalue weighted by atomic mass is 35.5. The highest BCUT2D eigenvalue weighted by Crippen LogP contribution is 2.25. The molecule has 1 N–H and O–H groups in total. The molecule has 11 heteroatoms. The summed E-state index contributed by atoms with van der Waals surface area (Å²) < 4.78 is 29.6. The van der Waals surface area contributed by atoms with Crippen LogP contribution in [0.3, 0.4) is 0 Å². The standard InChI is InChI=1S/C24H24ClN5O3S2.2H2/c1-17-15-28(20-4-6-21(7-5-20)35(32,33)27-24-26-9-13-34-24)11-12-30(17)23(31)16-29-10-8-18-2-3-19(25)14-22(18)29;;/h2-10,13-14,17H,11-12,15-16H2,1H3,(H,26,27);2*1H/t17-;;/m1../s1. The molecule has 35 heavy (non-hydrogen) atoms. The summed E-state index contributed by atoms with van der Waals surface area (Å²) in [7, 11) is -3.69. The van der Waals surface area contributed by atoms with Gasteiger partial charge >= 0.3 is 0 Å². The monoisotopic (exact) mass is 533 g/mol. The minimum atomic E-state index is -3.69. The first kappa shape index (κ1) is 23.7. The molecule has 2 aromatic carbocycles. The number of hydrogen-bond acceptors (Lipinski definition) is 6. The molecule has 3 heterocycles. The number of carbonyl (C=O) groups is 1. The van der Waals surface area contributed by atoms with Crippen molar-refractivity contribution in [2.75, 3.05) is 29.3 Å². The summed E-state index contributed by atoms with van der Waals surface area (Å²) in [6.45, 7) is 4.20. The lowest BCUT2D eigenvalue weighted by molar-refractivity contribution is -0.134. The van der Waals surface area contributed by atoms with Crippen LogP contribution in [0.5, 0.6) is 0 Å². The molecule has 1 atom stereocenters. The van der Waals surface area contributed by atoms with Crippen LogP contribution < -0.4 is 9.62 Å². The number of carbonyl (C=O) groups excluding carboxylic acids is 1. The van der Waals surface area contributed by atoms with E-state index in [0.717, 1.165) is 16.6 Å². The van der Waals surface area contributed by atoms with Crippen molar-refractivity contribution in [2.24, 2.45) is 0 Å². The zero-order valence-electron chi connectivity index (χ0n) is 19.0. The largest absolute Gasteiger partial charge is 0.368 e. The number of amides is 1. The van der Waals surface area contributed by atoms with Gasteiger partial charge in [-0.2, -0.15) is 0 Å². The van der Waals surface area contributed by atoms with Gasteiger partial charge in [-0.25, -0.2) is 13.4 Å². The third-order valence-corrected chi connectivity index (χ3v) is 8.56. The molecule has 1 aliphatic heterocycles. The van der Waals surface area contributed by atoms with Crippen LogP contribution in [-0.2, 0) is 21.4 Å². The Balaban J connectivity index is 0.00000190. The van der Waals surface area contributed by atoms with E-state index in [4.69, 9.17) is 11.6 Å². The highest BCUT2D eigenvalue weighted by Gasteiger charge is 2.28. The van der Waals surface area contributed by atoms with E-state index in [9.17, 15) is 13.2 Å². The Morgan fingerprint density at radius 2 is 2.00 bits per heavy atom. The summed E-state index contributed by atoms with van der Waals surface area (Å²) in [5, 5.41) is 3.74. The topological polar surface area (TPSA) is 87.5 Å². The van der Waals surface area contributed by atoms with Crippen molar-refractivity contribution in [3.8, 4) is 0 Å². The van der Waals surface area contributed by atoms with Crippen molar-refractivity contribution in [3.05, 3.63) is 71.3 Å². The number of nitrogens with zero attached hydrogens (tertiary/aromatic N) is 4. The molecule has 0 radical (unpaired) electrons. The number of rotatable bonds is 6. The van der Waals surface area contributed by atoms with E-state index in [1.165, 1.54) is 11.3 Å². The Hall–Kier alpha value is -3.08. The fourth-order valence-electron chi connectivity index (χ4n) is 4.38. The molecule has 5 rings (SSSR count). The predicted molar refractivity (Wildman–Crippen MR) is 144 cm³/mol. The van der Waals surface area contributed by atoms with Gasteiger partial charge in [0.25, 0.3) is 10.0 Å². The van der Waals surface area contributed by atoms with Crippen LogP contribution in [-0.4, -0.2) is 54.5 Å². The number of thiazole rings is 1. The smallest absolute Gasteiger partial charge is 0.263 e. The van der Waals surface area contributed by atoms with Gasteiger partial charge < -0.3 is 14.4 Å². The first-order chi connectivity index (χ1) is 16.8. The number of aromatic nitrogens is 2. The van der Waals surface area contributed by atoms with Crippen LogP contribution in [0.1, 0.15) is 9.78 Å². The van der Waals surface area contributed by atoms with Crippen LogP contribution in [0.15, 0.2) is 71.2 Å². The minimum Gasteiger partial charge on any atom is -0.368 e. The van der Waals surface area contributed by atoms with E-state index in [1.807, 2.05) is 46.9 Å². The maximum atomic E-state index is 13.1. The number of halogens is 1. The SMILES string of the molecule is C[C@@H]1CN(c2ccc(S(=O)(=O)Nc3nccs3)cc2)CCN1C(=O)Cn1ccc2ccc(Cl)cc21.[HH].[HH]. The van der Waals surface area contributed by atoms with Crippen LogP contribution >= 0.6 is 22.9 Å². The van der Waals surface area contributed by atoms with Crippen molar-refractivity contribution in [1.82, 2.24) is 14.5 Å². The summed E-state index contributed by atoms with van der Waals surface area (Å²) in [6.07, 6.45) is 3.46. The van der Waals surface area contributed by atoms with Gasteiger partial charge in [0.05, 0.1) is 4.90 Å². The number of fused-ring (bicyclic) bond motifs is 1. The molecule has 0 bridgehead atoms. The normalized spacial score (nSPS) is 16.6. The molecular weight excluding hydrogens is 506 g/mol. The predicted octanol–water partition coefficient (Wildman–Crippen LogP) is 4.78. The second kappa shape index (κ2) is 9.52. The van der Waals surface area contributed by atoms with Gasteiger partial charge in [-0.3, -0.25) is 9.52 Å². The number of piperazine rings is 1. The highest BCUT2D eigenvalue weighted by molar-refractivity contribution is 7.93. The van der Waals surface area contributed by atoms with Gasteiger partial charge in [-0.15, -0.1) is 11.3 Å². The third-order valence-electron chi connectivity index (χ3n) is 6.16. The van der Waals surface area contributed by atoms with Gasteiger partial charge in [0, 0.05) is 62.5 Å². The number of nitrogens with one attached hydrogen (secondary N) is 1. The van der Waals surface area contributed by atoms with Gasteiger partial charge in [0.15, 0.2) is 5.13 Å². The Kier molecular flexibility index (Phi) is 6.43. The van der Waals surface area contributed by atoms with E-state index in [0.29, 0.717) is 29.8 Å². The molecule has 186 valence electrons. The van der Waals surface area contributed by atoms with Crippen molar-refractivity contribution < 1.29 is 16.1 Å². The molecule has 0 unspecified atom stereocenters. The fraction of sp³-hybridized carbons (Fsp3) is 0.250. The van der Waals surface area contributed by atoms with Crippen molar-refractivity contribution >= 4 is 60.6 Å². The summed E-state index contributed by atoms with van der Waals surface area (Å²) in [5.74, 6) is 0.0596. The lowest BCUT2D eigenvalue weighted by Gasteiger charge is -2.41. The van der Waals surface area contributed by atoms with Gasteiger partial charge in [0.1, 0.15) is 6.54 Å². The number of anilines is 2. The zero-order chi connectivity index (χ0) is 24.6. The zero-order valence-corrected chi connectivity index (χ0v) is 21.4. The third kappa shape index (κ3) is 5.00. The van der Waals surface area contributed by atoms with Gasteiger partial charge in [-0.05, 0) is 54.8 Å². The second-order valence-corrected chi connectivity index (χ2v) is 11.5. The molecule has 0 aliphatic carbocycles. The van der Waals surface area contributed by atoms with E-state index < -0.39 is 10.0 Å². The first-order valence-corrected chi connectivity index (χ1v) is 13.9. The Morgan fingerprint density at radius 3 is 2.71 bits per heavy atom. The number of hydrogen-bond donors (Lipinski definition) is 1. The molecule has 8 nitrogen and oxygen atoms in total. The van der Waals surface area contributed by atoms with Crippen LogP contribution in [0, 0.1) is 0 Å². The van der Waals surface area contributed by atoms with Crippen LogP contribution in [0.2, 0.25) is 5.02 Å². The average molecular weight is 534 g/mol. The Morgan fingerprint density at radius 1 is 1.20 bits per heavy atom. The summed E-state index contributed by atoms with van der Waals surface area (Å²) >= 11 is 7.37. The minimum absolute atomic E-state index is 0. The van der Waals surface area contributed by atoms with Crippen molar-refractivity contribution in [1.29, 1.82) is 0 Å². The second-order valence-electron chi connectivity index (χ2n) is 8.47. The van der Waals surface area contributed by atoms with Crippen LogP contribution in [0.25, 0.3) is 10.9 Å². The van der Waals surface area contributed by atoms with Gasteiger partial charge in [0.2, 0.25) is 5.91 Å². The Bertz CT molecular complexity index is 1460. The molecule has 0 saturated carbocycles. The lowest BCUT2D eigenvalue weighted by atomic mass is 10.1. The molecule has 1 aliphatic rings. The van der Waals surface area contributed by atoms with E-state index in [1.54, 1.807) is 35.8 Å². The van der Waals surface area contributed by atoms with Crippen molar-refractivity contribution in [3.63, 3.8) is 0 Å². The van der Waals surface area contributed by atoms with E-state index >= 15 is 0 Å². The first-order valence-electron chi connectivity index (χ1n) is 11.1. The fourth-order valence-corrected chi connectivity index (χ4v) is 6.33. The summed E-state index contributed by atoms with van der Waals surface area (Å²) in [5.41, 5.74) is 1.86. The molecule has 0 spiro atoms. The molecule has 1 fully saturated rings. The lowest BCUT2D eigenvalue weighted by Crippen LogP contribution is -2.54. The number of benzene rings is 2. The summed E-state index contributed by atoms with van der Waals surface area (Å²) in [4.78, 5) is 21.3. The van der Waals surface area contributed by atoms with E-state index in [-0.39, 0.29) is 26.2 Å². The average Bonchev–Trinajstić information content (AvgIpc) is 3.48. The molecule has 1 saturated heterocycles. The van der Waals surface area contributed by atoms with Crippen LogP contribution in [0.4, 0.5) is 10.8 Å².